The normalized spacial score (nSPS) is 10.6. The summed E-state index contributed by atoms with van der Waals surface area (Å²) in [4.78, 5) is 12.3. The number of carbonyl (C=O) groups is 1. The second-order valence-corrected chi connectivity index (χ2v) is 7.03. The van der Waals surface area contributed by atoms with Crippen LogP contribution in [-0.2, 0) is 11.8 Å². The molecule has 0 atom stereocenters. The maximum atomic E-state index is 12.3. The van der Waals surface area contributed by atoms with E-state index in [0.29, 0.717) is 22.5 Å². The molecule has 0 aliphatic heterocycles. The van der Waals surface area contributed by atoms with Crippen molar-refractivity contribution < 1.29 is 14.3 Å². The van der Waals surface area contributed by atoms with E-state index in [-0.39, 0.29) is 11.7 Å². The van der Waals surface area contributed by atoms with E-state index in [1.54, 1.807) is 14.2 Å². The highest BCUT2D eigenvalue weighted by atomic mass is 32.2. The van der Waals surface area contributed by atoms with Crippen LogP contribution in [0.5, 0.6) is 11.5 Å². The smallest absolute Gasteiger partial charge is 0.234 e. The molecular formula is C20H22N4O3S. The fourth-order valence-electron chi connectivity index (χ4n) is 2.70. The predicted octanol–water partition coefficient (Wildman–Crippen LogP) is 3.54. The number of benzene rings is 2. The summed E-state index contributed by atoms with van der Waals surface area (Å²) < 4.78 is 12.5. The minimum absolute atomic E-state index is 0.0880. The minimum atomic E-state index is -0.0880. The Hall–Kier alpha value is -3.00. The highest BCUT2D eigenvalue weighted by Crippen LogP contribution is 2.32. The van der Waals surface area contributed by atoms with E-state index < -0.39 is 0 Å². The van der Waals surface area contributed by atoms with Crippen molar-refractivity contribution in [1.29, 1.82) is 0 Å². The third kappa shape index (κ3) is 4.28. The summed E-state index contributed by atoms with van der Waals surface area (Å²) in [5, 5.41) is 12.0. The molecule has 0 radical (unpaired) electrons. The zero-order valence-corrected chi connectivity index (χ0v) is 17.0. The molecule has 1 N–H and O–H groups in total. The van der Waals surface area contributed by atoms with Crippen LogP contribution in [0.3, 0.4) is 0 Å². The van der Waals surface area contributed by atoms with Crippen molar-refractivity contribution >= 4 is 23.4 Å². The molecule has 0 fully saturated rings. The van der Waals surface area contributed by atoms with Crippen LogP contribution in [0.25, 0.3) is 11.4 Å². The molecule has 2 aromatic carbocycles. The summed E-state index contributed by atoms with van der Waals surface area (Å²) in [5.74, 6) is 2.11. The summed E-state index contributed by atoms with van der Waals surface area (Å²) >= 11 is 1.33. The minimum Gasteiger partial charge on any atom is -0.493 e. The van der Waals surface area contributed by atoms with Crippen molar-refractivity contribution in [3.63, 3.8) is 0 Å². The van der Waals surface area contributed by atoms with E-state index in [4.69, 9.17) is 9.47 Å². The number of thioether (sulfide) groups is 1. The molecule has 1 heterocycles. The molecule has 0 aliphatic rings. The van der Waals surface area contributed by atoms with Gasteiger partial charge in [-0.3, -0.25) is 4.79 Å². The van der Waals surface area contributed by atoms with Crippen LogP contribution >= 0.6 is 11.8 Å². The van der Waals surface area contributed by atoms with Crippen molar-refractivity contribution in [3.8, 4) is 22.9 Å². The number of hydrogen-bond acceptors (Lipinski definition) is 6. The fourth-order valence-corrected chi connectivity index (χ4v) is 3.41. The molecule has 0 unspecified atom stereocenters. The van der Waals surface area contributed by atoms with Crippen molar-refractivity contribution in [2.45, 2.75) is 12.1 Å². The zero-order valence-electron chi connectivity index (χ0n) is 16.2. The van der Waals surface area contributed by atoms with E-state index in [1.807, 2.05) is 61.0 Å². The Kier molecular flexibility index (Phi) is 6.20. The van der Waals surface area contributed by atoms with Crippen molar-refractivity contribution in [3.05, 3.63) is 48.0 Å². The number of aryl methyl sites for hydroxylation is 1. The maximum Gasteiger partial charge on any atom is 0.234 e. The lowest BCUT2D eigenvalue weighted by molar-refractivity contribution is -0.113. The molecule has 0 saturated carbocycles. The third-order valence-corrected chi connectivity index (χ3v) is 5.25. The fraction of sp³-hybridized carbons (Fsp3) is 0.250. The summed E-state index contributed by atoms with van der Waals surface area (Å²) in [7, 11) is 5.05. The topological polar surface area (TPSA) is 78.3 Å². The Labute approximate surface area is 168 Å². The van der Waals surface area contributed by atoms with Crippen LogP contribution < -0.4 is 14.8 Å². The first-order valence-corrected chi connectivity index (χ1v) is 9.62. The van der Waals surface area contributed by atoms with Gasteiger partial charge in [0.1, 0.15) is 0 Å². The number of ether oxygens (including phenoxy) is 2. The SMILES string of the molecule is COc1ccc(-c2nnc(SCC(=O)Nc3ccccc3C)n2C)cc1OC. The summed E-state index contributed by atoms with van der Waals surface area (Å²) in [6.45, 7) is 1.96. The number of nitrogens with zero attached hydrogens (tertiary/aromatic N) is 3. The third-order valence-electron chi connectivity index (χ3n) is 4.23. The van der Waals surface area contributed by atoms with Gasteiger partial charge < -0.3 is 19.4 Å². The van der Waals surface area contributed by atoms with Crippen molar-refractivity contribution in [2.75, 3.05) is 25.3 Å². The van der Waals surface area contributed by atoms with E-state index in [0.717, 1.165) is 16.8 Å². The second-order valence-electron chi connectivity index (χ2n) is 6.09. The van der Waals surface area contributed by atoms with Crippen LogP contribution in [0.15, 0.2) is 47.6 Å². The molecule has 1 amide bonds. The van der Waals surface area contributed by atoms with Gasteiger partial charge in [-0.2, -0.15) is 0 Å². The number of para-hydroxylation sites is 1. The van der Waals surface area contributed by atoms with Crippen LogP contribution in [0.1, 0.15) is 5.56 Å². The molecule has 146 valence electrons. The largest absolute Gasteiger partial charge is 0.493 e. The zero-order chi connectivity index (χ0) is 20.1. The van der Waals surface area contributed by atoms with Gasteiger partial charge in [-0.1, -0.05) is 30.0 Å². The van der Waals surface area contributed by atoms with E-state index >= 15 is 0 Å². The Morgan fingerprint density at radius 3 is 2.57 bits per heavy atom. The molecule has 0 bridgehead atoms. The first-order valence-electron chi connectivity index (χ1n) is 8.63. The molecule has 3 aromatic rings. The average Bonchev–Trinajstić information content (AvgIpc) is 3.08. The number of hydrogen-bond donors (Lipinski definition) is 1. The lowest BCUT2D eigenvalue weighted by atomic mass is 10.2. The second kappa shape index (κ2) is 8.79. The van der Waals surface area contributed by atoms with Gasteiger partial charge in [0.05, 0.1) is 20.0 Å². The standard InChI is InChI=1S/C20H22N4O3S/c1-13-7-5-6-8-15(13)21-18(25)12-28-20-23-22-19(24(20)2)14-9-10-16(26-3)17(11-14)27-4/h5-11H,12H2,1-4H3,(H,21,25). The maximum absolute atomic E-state index is 12.3. The van der Waals surface area contributed by atoms with Gasteiger partial charge in [0.25, 0.3) is 0 Å². The van der Waals surface area contributed by atoms with Crippen molar-refractivity contribution in [2.24, 2.45) is 7.05 Å². The summed E-state index contributed by atoms with van der Waals surface area (Å²) in [6, 6.07) is 13.2. The van der Waals surface area contributed by atoms with Gasteiger partial charge in [0, 0.05) is 18.3 Å². The van der Waals surface area contributed by atoms with E-state index in [1.165, 1.54) is 11.8 Å². The number of nitrogens with one attached hydrogen (secondary N) is 1. The van der Waals surface area contributed by atoms with Gasteiger partial charge in [-0.05, 0) is 36.8 Å². The number of carbonyl (C=O) groups excluding carboxylic acids is 1. The van der Waals surface area contributed by atoms with Crippen LogP contribution in [-0.4, -0.2) is 40.6 Å². The predicted molar refractivity (Wildman–Crippen MR) is 110 cm³/mol. The Bertz CT molecular complexity index is 987. The Balaban J connectivity index is 1.70. The first-order chi connectivity index (χ1) is 13.5. The number of anilines is 1. The lowest BCUT2D eigenvalue weighted by Crippen LogP contribution is -2.15. The number of amides is 1. The Morgan fingerprint density at radius 2 is 1.86 bits per heavy atom. The highest BCUT2D eigenvalue weighted by molar-refractivity contribution is 7.99. The highest BCUT2D eigenvalue weighted by Gasteiger charge is 2.15. The molecule has 8 heteroatoms. The van der Waals surface area contributed by atoms with E-state index in [2.05, 4.69) is 15.5 Å². The summed E-state index contributed by atoms with van der Waals surface area (Å²) in [6.07, 6.45) is 0. The monoisotopic (exact) mass is 398 g/mol. The number of methoxy groups -OCH3 is 2. The summed E-state index contributed by atoms with van der Waals surface area (Å²) in [5.41, 5.74) is 2.69. The average molecular weight is 398 g/mol. The van der Waals surface area contributed by atoms with Crippen LogP contribution in [0, 0.1) is 6.92 Å². The molecule has 0 saturated heterocycles. The van der Waals surface area contributed by atoms with Gasteiger partial charge in [-0.15, -0.1) is 10.2 Å². The molecular weight excluding hydrogens is 376 g/mol. The number of aromatic nitrogens is 3. The van der Waals surface area contributed by atoms with E-state index in [9.17, 15) is 4.79 Å². The first kappa shape index (κ1) is 19.8. The molecule has 3 rings (SSSR count). The molecule has 28 heavy (non-hydrogen) atoms. The number of rotatable bonds is 7. The van der Waals surface area contributed by atoms with Crippen molar-refractivity contribution in [1.82, 2.24) is 14.8 Å². The molecule has 7 nitrogen and oxygen atoms in total. The van der Waals surface area contributed by atoms with Gasteiger partial charge in [0.15, 0.2) is 22.5 Å². The van der Waals surface area contributed by atoms with Gasteiger partial charge in [-0.25, -0.2) is 0 Å². The van der Waals surface area contributed by atoms with Crippen LogP contribution in [0.2, 0.25) is 0 Å². The quantitative estimate of drug-likeness (QED) is 0.614. The molecule has 0 spiro atoms. The van der Waals surface area contributed by atoms with Crippen LogP contribution in [0.4, 0.5) is 5.69 Å². The van der Waals surface area contributed by atoms with Gasteiger partial charge >= 0.3 is 0 Å². The molecule has 0 aliphatic carbocycles. The Morgan fingerprint density at radius 1 is 1.11 bits per heavy atom. The van der Waals surface area contributed by atoms with Gasteiger partial charge in [0.2, 0.25) is 5.91 Å². The lowest BCUT2D eigenvalue weighted by Gasteiger charge is -2.10. The molecule has 1 aromatic heterocycles.